The first-order valence-electron chi connectivity index (χ1n) is 13.0. The van der Waals surface area contributed by atoms with Crippen LogP contribution in [0.5, 0.6) is 0 Å². The van der Waals surface area contributed by atoms with Gasteiger partial charge in [-0.2, -0.15) is 0 Å². The van der Waals surface area contributed by atoms with Gasteiger partial charge in [0.05, 0.1) is 45.1 Å². The van der Waals surface area contributed by atoms with Gasteiger partial charge in [0, 0.05) is 11.8 Å². The maximum absolute atomic E-state index is 12.9. The van der Waals surface area contributed by atoms with Gasteiger partial charge < -0.3 is 18.9 Å². The number of carbonyl (C=O) groups excluding carboxylic acids is 1. The van der Waals surface area contributed by atoms with E-state index >= 15 is 0 Å². The first kappa shape index (κ1) is 25.4. The fourth-order valence-electron chi connectivity index (χ4n) is 5.64. The van der Waals surface area contributed by atoms with Crippen molar-refractivity contribution in [1.82, 2.24) is 0 Å². The molecule has 2 aliphatic carbocycles. The zero-order valence-electron chi connectivity index (χ0n) is 21.1. The molecule has 3 aromatic carbocycles. The van der Waals surface area contributed by atoms with Crippen molar-refractivity contribution in [2.75, 3.05) is 7.11 Å². The summed E-state index contributed by atoms with van der Waals surface area (Å²) in [6, 6.07) is 30.4. The zero-order chi connectivity index (χ0) is 25.5. The molecule has 3 aromatic rings. The van der Waals surface area contributed by atoms with Gasteiger partial charge in [-0.05, 0) is 23.1 Å². The summed E-state index contributed by atoms with van der Waals surface area (Å²) in [5, 5.41) is 0. The highest BCUT2D eigenvalue weighted by Crippen LogP contribution is 2.47. The smallest absolute Gasteiger partial charge is 0.309 e. The quantitative estimate of drug-likeness (QED) is 0.264. The molecule has 5 rings (SSSR count). The molecule has 0 radical (unpaired) electrons. The fourth-order valence-corrected chi connectivity index (χ4v) is 5.64. The number of esters is 1. The SMILES string of the molecule is COC(=O)[C@H]1CC=C[C@H]2[C@@H](OCc3ccccc3)[C@H](OCc3ccccc3)[C@H](OCc3ccccc3)[C@@H]21. The number of benzene rings is 3. The normalized spacial score (nSPS) is 26.5. The van der Waals surface area contributed by atoms with Crippen LogP contribution in [-0.4, -0.2) is 31.4 Å². The number of hydrogen-bond acceptors (Lipinski definition) is 5. The maximum Gasteiger partial charge on any atom is 0.309 e. The molecule has 0 unspecified atom stereocenters. The number of carbonyl (C=O) groups is 1. The van der Waals surface area contributed by atoms with Crippen molar-refractivity contribution in [2.24, 2.45) is 17.8 Å². The third-order valence-electron chi connectivity index (χ3n) is 7.42. The Morgan fingerprint density at radius 3 is 1.62 bits per heavy atom. The first-order valence-corrected chi connectivity index (χ1v) is 13.0. The van der Waals surface area contributed by atoms with Gasteiger partial charge in [-0.1, -0.05) is 103 Å². The van der Waals surface area contributed by atoms with Crippen molar-refractivity contribution in [3.05, 3.63) is 120 Å². The monoisotopic (exact) mass is 498 g/mol. The van der Waals surface area contributed by atoms with Gasteiger partial charge in [0.1, 0.15) is 6.10 Å². The van der Waals surface area contributed by atoms with Crippen LogP contribution in [0, 0.1) is 17.8 Å². The highest BCUT2D eigenvalue weighted by atomic mass is 16.6. The molecule has 37 heavy (non-hydrogen) atoms. The number of rotatable bonds is 10. The maximum atomic E-state index is 12.9. The second-order valence-corrected chi connectivity index (χ2v) is 9.73. The van der Waals surface area contributed by atoms with E-state index in [0.29, 0.717) is 26.2 Å². The van der Waals surface area contributed by atoms with E-state index in [0.717, 1.165) is 16.7 Å². The van der Waals surface area contributed by atoms with Crippen LogP contribution in [0.2, 0.25) is 0 Å². The average Bonchev–Trinajstić information content (AvgIpc) is 3.27. The molecular weight excluding hydrogens is 464 g/mol. The Labute approximate surface area is 219 Å². The molecule has 192 valence electrons. The highest BCUT2D eigenvalue weighted by Gasteiger charge is 2.57. The summed E-state index contributed by atoms with van der Waals surface area (Å²) in [5.41, 5.74) is 3.26. The fraction of sp³-hybridized carbons (Fsp3) is 0.344. The van der Waals surface area contributed by atoms with E-state index in [-0.39, 0.29) is 42.0 Å². The Hall–Kier alpha value is -3.25. The lowest BCUT2D eigenvalue weighted by Crippen LogP contribution is -2.40. The molecule has 5 nitrogen and oxygen atoms in total. The third kappa shape index (κ3) is 6.02. The Kier molecular flexibility index (Phi) is 8.46. The summed E-state index contributed by atoms with van der Waals surface area (Å²) < 4.78 is 25.1. The second-order valence-electron chi connectivity index (χ2n) is 9.73. The topological polar surface area (TPSA) is 54.0 Å². The number of allylic oxidation sites excluding steroid dienone is 1. The molecule has 6 atom stereocenters. The molecule has 0 bridgehead atoms. The van der Waals surface area contributed by atoms with Crippen molar-refractivity contribution in [3.63, 3.8) is 0 Å². The Morgan fingerprint density at radius 2 is 1.14 bits per heavy atom. The molecule has 0 aromatic heterocycles. The Morgan fingerprint density at radius 1 is 0.676 bits per heavy atom. The molecule has 1 fully saturated rings. The number of fused-ring (bicyclic) bond motifs is 1. The Bertz CT molecular complexity index is 1150. The molecule has 0 amide bonds. The van der Waals surface area contributed by atoms with E-state index in [1.807, 2.05) is 66.7 Å². The molecule has 2 aliphatic rings. The van der Waals surface area contributed by atoms with Gasteiger partial charge in [-0.25, -0.2) is 0 Å². The van der Waals surface area contributed by atoms with Crippen LogP contribution in [0.1, 0.15) is 23.1 Å². The molecule has 0 saturated heterocycles. The minimum absolute atomic E-state index is 0.0249. The van der Waals surface area contributed by atoms with E-state index in [1.54, 1.807) is 0 Å². The van der Waals surface area contributed by atoms with Gasteiger partial charge in [0.2, 0.25) is 0 Å². The second kappa shape index (κ2) is 12.3. The molecule has 0 aliphatic heterocycles. The Balaban J connectivity index is 1.45. The van der Waals surface area contributed by atoms with E-state index < -0.39 is 0 Å². The van der Waals surface area contributed by atoms with Crippen molar-refractivity contribution in [2.45, 2.75) is 44.6 Å². The van der Waals surface area contributed by atoms with E-state index in [1.165, 1.54) is 7.11 Å². The van der Waals surface area contributed by atoms with Crippen LogP contribution in [-0.2, 0) is 43.6 Å². The summed E-state index contributed by atoms with van der Waals surface area (Å²) >= 11 is 0. The molecule has 0 heterocycles. The number of hydrogen-bond donors (Lipinski definition) is 0. The van der Waals surface area contributed by atoms with Gasteiger partial charge >= 0.3 is 5.97 Å². The molecule has 0 spiro atoms. The highest BCUT2D eigenvalue weighted by molar-refractivity contribution is 5.73. The molecular formula is C32H34O5. The van der Waals surface area contributed by atoms with E-state index in [2.05, 4.69) is 36.4 Å². The predicted octanol–water partition coefficient (Wildman–Crippen LogP) is 5.74. The summed E-state index contributed by atoms with van der Waals surface area (Å²) in [5.74, 6) is -0.655. The van der Waals surface area contributed by atoms with Crippen molar-refractivity contribution in [3.8, 4) is 0 Å². The minimum atomic E-state index is -0.350. The van der Waals surface area contributed by atoms with Crippen LogP contribution in [0.3, 0.4) is 0 Å². The van der Waals surface area contributed by atoms with E-state index in [9.17, 15) is 4.79 Å². The number of ether oxygens (including phenoxy) is 4. The summed E-state index contributed by atoms with van der Waals surface area (Å²) in [6.07, 6.45) is 3.94. The van der Waals surface area contributed by atoms with Gasteiger partial charge in [0.25, 0.3) is 0 Å². The minimum Gasteiger partial charge on any atom is -0.469 e. The number of methoxy groups -OCH3 is 1. The lowest BCUT2D eigenvalue weighted by atomic mass is 9.76. The van der Waals surface area contributed by atoms with Crippen LogP contribution < -0.4 is 0 Å². The molecule has 5 heteroatoms. The summed E-state index contributed by atoms with van der Waals surface area (Å²) in [7, 11) is 1.46. The first-order chi connectivity index (χ1) is 18.2. The lowest BCUT2D eigenvalue weighted by molar-refractivity contribution is -0.153. The van der Waals surface area contributed by atoms with Gasteiger partial charge in [0.15, 0.2) is 0 Å². The van der Waals surface area contributed by atoms with E-state index in [4.69, 9.17) is 18.9 Å². The zero-order valence-corrected chi connectivity index (χ0v) is 21.1. The van der Waals surface area contributed by atoms with Crippen LogP contribution in [0.25, 0.3) is 0 Å². The van der Waals surface area contributed by atoms with Crippen molar-refractivity contribution < 1.29 is 23.7 Å². The van der Waals surface area contributed by atoms with Gasteiger partial charge in [-0.3, -0.25) is 4.79 Å². The average molecular weight is 499 g/mol. The summed E-state index contributed by atoms with van der Waals surface area (Å²) in [6.45, 7) is 1.33. The summed E-state index contributed by atoms with van der Waals surface area (Å²) in [4.78, 5) is 12.9. The van der Waals surface area contributed by atoms with Crippen molar-refractivity contribution in [1.29, 1.82) is 0 Å². The molecule has 0 N–H and O–H groups in total. The lowest BCUT2D eigenvalue weighted by Gasteiger charge is -2.32. The van der Waals surface area contributed by atoms with Crippen LogP contribution in [0.4, 0.5) is 0 Å². The third-order valence-corrected chi connectivity index (χ3v) is 7.42. The van der Waals surface area contributed by atoms with Crippen LogP contribution >= 0.6 is 0 Å². The van der Waals surface area contributed by atoms with Gasteiger partial charge in [-0.15, -0.1) is 0 Å². The van der Waals surface area contributed by atoms with Crippen LogP contribution in [0.15, 0.2) is 103 Å². The van der Waals surface area contributed by atoms with Crippen molar-refractivity contribution >= 4 is 5.97 Å². The predicted molar refractivity (Wildman–Crippen MR) is 141 cm³/mol. The standard InChI is InChI=1S/C32H34O5/c1-34-32(33)27-19-11-18-26-28(27)30(36-21-24-14-7-3-8-15-24)31(37-22-25-16-9-4-10-17-25)29(26)35-20-23-12-5-2-6-13-23/h2-18,26-31H,19-22H2,1H3/t26-,27+,28+,29-,30-,31+/m1/s1. The largest absolute Gasteiger partial charge is 0.469 e. The molecule has 1 saturated carbocycles.